The number of hydrogen-bond donors (Lipinski definition) is 1. The average molecular weight is 486 g/mol. The number of amides is 1. The van der Waals surface area contributed by atoms with Crippen LogP contribution in [-0.4, -0.2) is 15.6 Å². The summed E-state index contributed by atoms with van der Waals surface area (Å²) in [5, 5.41) is 3.41. The second-order valence-electron chi connectivity index (χ2n) is 9.46. The molecule has 0 unspecified atom stereocenters. The Morgan fingerprint density at radius 2 is 1.60 bits per heavy atom. The first-order valence-corrected chi connectivity index (χ1v) is 12.2. The number of anilines is 1. The Morgan fingerprint density at radius 1 is 1.00 bits per heavy atom. The number of aromatic nitrogens is 2. The van der Waals surface area contributed by atoms with Gasteiger partial charge in [0.2, 0.25) is 0 Å². The molecule has 178 valence electrons. The average Bonchev–Trinajstić information content (AvgIpc) is 3.52. The molecule has 1 aliphatic carbocycles. The number of ether oxygens (including phenoxy) is 1. The van der Waals surface area contributed by atoms with Crippen molar-refractivity contribution in [3.05, 3.63) is 95.3 Å². The summed E-state index contributed by atoms with van der Waals surface area (Å²) in [6, 6.07) is 24.4. The lowest BCUT2D eigenvalue weighted by Crippen LogP contribution is -2.18. The minimum absolute atomic E-state index is 0.372. The van der Waals surface area contributed by atoms with E-state index in [0.29, 0.717) is 21.9 Å². The van der Waals surface area contributed by atoms with Crippen molar-refractivity contribution < 1.29 is 9.53 Å². The Morgan fingerprint density at radius 3 is 2.23 bits per heavy atom. The van der Waals surface area contributed by atoms with Crippen LogP contribution >= 0.6 is 11.6 Å². The van der Waals surface area contributed by atoms with Crippen LogP contribution in [0.1, 0.15) is 43.9 Å². The smallest absolute Gasteiger partial charge is 0.413 e. The van der Waals surface area contributed by atoms with E-state index in [-0.39, 0.29) is 0 Å². The maximum absolute atomic E-state index is 12.7. The summed E-state index contributed by atoms with van der Waals surface area (Å²) in [6.45, 7) is 4.11. The van der Waals surface area contributed by atoms with Gasteiger partial charge in [-0.05, 0) is 47.9 Å². The lowest BCUT2D eigenvalue weighted by atomic mass is 9.95. The van der Waals surface area contributed by atoms with Crippen molar-refractivity contribution in [1.29, 1.82) is 0 Å². The predicted molar refractivity (Wildman–Crippen MR) is 141 cm³/mol. The van der Waals surface area contributed by atoms with E-state index in [0.717, 1.165) is 16.7 Å². The van der Waals surface area contributed by atoms with Gasteiger partial charge in [-0.3, -0.25) is 5.32 Å². The molecule has 1 aromatic heterocycles. The third-order valence-corrected chi connectivity index (χ3v) is 7.20. The Bertz CT molecular complexity index is 1360. The fourth-order valence-corrected chi connectivity index (χ4v) is 4.60. The molecule has 0 radical (unpaired) electrons. The normalized spacial score (nSPS) is 14.9. The van der Waals surface area contributed by atoms with Crippen molar-refractivity contribution >= 4 is 23.5 Å². The van der Waals surface area contributed by atoms with Crippen LogP contribution < -0.4 is 5.32 Å². The van der Waals surface area contributed by atoms with Gasteiger partial charge in [-0.2, -0.15) is 0 Å². The molecule has 6 heteroatoms. The molecule has 0 saturated heterocycles. The zero-order chi connectivity index (χ0) is 24.6. The fourth-order valence-electron chi connectivity index (χ4n) is 4.31. The van der Waals surface area contributed by atoms with Crippen molar-refractivity contribution in [3.63, 3.8) is 0 Å². The molecule has 1 saturated carbocycles. The molecule has 5 rings (SSSR count). The van der Waals surface area contributed by atoms with Gasteiger partial charge >= 0.3 is 6.09 Å². The van der Waals surface area contributed by atoms with Gasteiger partial charge in [0.15, 0.2) is 0 Å². The zero-order valence-corrected chi connectivity index (χ0v) is 20.8. The highest BCUT2D eigenvalue weighted by Crippen LogP contribution is 2.47. The molecule has 0 bridgehead atoms. The van der Waals surface area contributed by atoms with Crippen molar-refractivity contribution in [2.75, 3.05) is 5.32 Å². The predicted octanol–water partition coefficient (Wildman–Crippen LogP) is 7.77. The second kappa shape index (κ2) is 9.23. The summed E-state index contributed by atoms with van der Waals surface area (Å²) in [6.07, 6.45) is 3.16. The van der Waals surface area contributed by atoms with Gasteiger partial charge in [0.25, 0.3) is 0 Å². The van der Waals surface area contributed by atoms with E-state index in [1.165, 1.54) is 24.0 Å². The van der Waals surface area contributed by atoms with Gasteiger partial charge in [-0.15, -0.1) is 0 Å². The van der Waals surface area contributed by atoms with Crippen molar-refractivity contribution in [2.45, 2.75) is 38.2 Å². The van der Waals surface area contributed by atoms with E-state index in [1.807, 2.05) is 37.4 Å². The van der Waals surface area contributed by atoms with Gasteiger partial charge in [0, 0.05) is 23.2 Å². The molecule has 1 amide bonds. The van der Waals surface area contributed by atoms with Crippen LogP contribution in [0.15, 0.2) is 79.1 Å². The lowest BCUT2D eigenvalue weighted by molar-refractivity contribution is 0.121. The van der Waals surface area contributed by atoms with E-state index >= 15 is 0 Å². The minimum Gasteiger partial charge on any atom is -0.441 e. The molecule has 3 aromatic carbocycles. The largest absolute Gasteiger partial charge is 0.441 e. The summed E-state index contributed by atoms with van der Waals surface area (Å²) in [5.74, 6) is 0.566. The van der Waals surface area contributed by atoms with E-state index in [2.05, 4.69) is 53.6 Å². The fraction of sp³-hybridized carbons (Fsp3) is 0.241. The number of nitrogens with one attached hydrogen (secondary N) is 1. The first-order chi connectivity index (χ1) is 16.8. The van der Waals surface area contributed by atoms with Crippen LogP contribution in [0, 0.1) is 0 Å². The summed E-state index contributed by atoms with van der Waals surface area (Å²) in [5.41, 5.74) is 6.45. The van der Waals surface area contributed by atoms with Crippen molar-refractivity contribution in [2.24, 2.45) is 7.05 Å². The second-order valence-corrected chi connectivity index (χ2v) is 9.87. The minimum atomic E-state index is -0.566. The number of benzene rings is 3. The van der Waals surface area contributed by atoms with E-state index in [1.54, 1.807) is 23.9 Å². The van der Waals surface area contributed by atoms with Crippen LogP contribution in [-0.2, 0) is 17.2 Å². The first kappa shape index (κ1) is 23.2. The molecule has 1 heterocycles. The molecule has 0 aliphatic heterocycles. The monoisotopic (exact) mass is 485 g/mol. The van der Waals surface area contributed by atoms with Gasteiger partial charge in [0.05, 0.1) is 6.33 Å². The molecule has 1 atom stereocenters. The highest BCUT2D eigenvalue weighted by atomic mass is 35.5. The molecular weight excluding hydrogens is 458 g/mol. The number of hydrogen-bond acceptors (Lipinski definition) is 3. The standard InChI is InChI=1S/C29H28ClN3O2/c1-19(24-6-4-5-7-25(24)30)35-28(34)32-27-26(31-18-33(27)3)22-10-8-20(9-11-22)21-12-14-23(15-13-21)29(2)16-17-29/h4-15,18-19H,16-17H2,1-3H3,(H,32,34)/t19-/m1/s1. The molecule has 1 N–H and O–H groups in total. The number of halogens is 1. The van der Waals surface area contributed by atoms with Crippen LogP contribution in [0.25, 0.3) is 22.4 Å². The Labute approximate surface area is 210 Å². The highest BCUT2D eigenvalue weighted by molar-refractivity contribution is 6.31. The third kappa shape index (κ3) is 4.82. The molecule has 4 aromatic rings. The summed E-state index contributed by atoms with van der Waals surface area (Å²) in [7, 11) is 1.83. The molecule has 1 aliphatic rings. The van der Waals surface area contributed by atoms with Crippen molar-refractivity contribution in [1.82, 2.24) is 9.55 Å². The van der Waals surface area contributed by atoms with Gasteiger partial charge in [-0.25, -0.2) is 9.78 Å². The van der Waals surface area contributed by atoms with Gasteiger partial charge in [-0.1, -0.05) is 85.3 Å². The zero-order valence-electron chi connectivity index (χ0n) is 20.1. The number of carbonyl (C=O) groups excluding carboxylic acids is 1. The number of imidazole rings is 1. The van der Waals surface area contributed by atoms with E-state index in [9.17, 15) is 4.79 Å². The summed E-state index contributed by atoms with van der Waals surface area (Å²) < 4.78 is 7.34. The van der Waals surface area contributed by atoms with Crippen molar-refractivity contribution in [3.8, 4) is 22.4 Å². The topological polar surface area (TPSA) is 56.1 Å². The van der Waals surface area contributed by atoms with Crippen LogP contribution in [0.4, 0.5) is 10.6 Å². The van der Waals surface area contributed by atoms with Crippen LogP contribution in [0.2, 0.25) is 5.02 Å². The van der Waals surface area contributed by atoms with Crippen LogP contribution in [0.5, 0.6) is 0 Å². The maximum atomic E-state index is 12.7. The van der Waals surface area contributed by atoms with Gasteiger partial charge < -0.3 is 9.30 Å². The Balaban J connectivity index is 1.30. The SMILES string of the molecule is C[C@@H](OC(=O)Nc1c(-c2ccc(-c3ccc(C4(C)CC4)cc3)cc2)ncn1C)c1ccccc1Cl. The number of aryl methyl sites for hydroxylation is 1. The van der Waals surface area contributed by atoms with E-state index < -0.39 is 12.2 Å². The molecular formula is C29H28ClN3O2. The Kier molecular flexibility index (Phi) is 6.12. The van der Waals surface area contributed by atoms with Crippen LogP contribution in [0.3, 0.4) is 0 Å². The lowest BCUT2D eigenvalue weighted by Gasteiger charge is -2.16. The summed E-state index contributed by atoms with van der Waals surface area (Å²) in [4.78, 5) is 17.2. The number of carbonyl (C=O) groups is 1. The highest BCUT2D eigenvalue weighted by Gasteiger charge is 2.38. The Hall–Kier alpha value is -3.57. The maximum Gasteiger partial charge on any atom is 0.413 e. The summed E-state index contributed by atoms with van der Waals surface area (Å²) >= 11 is 6.24. The van der Waals surface area contributed by atoms with Gasteiger partial charge in [0.1, 0.15) is 17.6 Å². The first-order valence-electron chi connectivity index (χ1n) is 11.8. The van der Waals surface area contributed by atoms with E-state index in [4.69, 9.17) is 16.3 Å². The third-order valence-electron chi connectivity index (χ3n) is 6.86. The molecule has 35 heavy (non-hydrogen) atoms. The molecule has 5 nitrogen and oxygen atoms in total. The quantitative estimate of drug-likeness (QED) is 0.303. The number of rotatable bonds is 6. The molecule has 0 spiro atoms. The molecule has 1 fully saturated rings. The number of nitrogens with zero attached hydrogens (tertiary/aromatic N) is 2.